The van der Waals surface area contributed by atoms with E-state index in [4.69, 9.17) is 4.74 Å². The summed E-state index contributed by atoms with van der Waals surface area (Å²) in [5, 5.41) is 0. The summed E-state index contributed by atoms with van der Waals surface area (Å²) in [6.07, 6.45) is 0.227. The quantitative estimate of drug-likeness (QED) is 0.793. The number of nitrogens with zero attached hydrogens (tertiary/aromatic N) is 1. The van der Waals surface area contributed by atoms with Gasteiger partial charge < -0.3 is 9.64 Å². The Bertz CT molecular complexity index is 699. The fourth-order valence-electron chi connectivity index (χ4n) is 3.02. The van der Waals surface area contributed by atoms with Gasteiger partial charge in [0.2, 0.25) is 5.91 Å². The van der Waals surface area contributed by atoms with Gasteiger partial charge in [-0.1, -0.05) is 60.7 Å². The number of ether oxygens (including phenoxy) is 1. The zero-order chi connectivity index (χ0) is 16.9. The summed E-state index contributed by atoms with van der Waals surface area (Å²) < 4.78 is 5.38. The molecule has 1 fully saturated rings. The third kappa shape index (κ3) is 3.65. The topological polar surface area (TPSA) is 46.6 Å². The zero-order valence-corrected chi connectivity index (χ0v) is 13.7. The molecule has 2 aromatic rings. The first-order chi connectivity index (χ1) is 11.6. The van der Waals surface area contributed by atoms with Gasteiger partial charge in [0.15, 0.2) is 0 Å². The van der Waals surface area contributed by atoms with Gasteiger partial charge in [0.05, 0.1) is 12.0 Å². The highest BCUT2D eigenvalue weighted by Crippen LogP contribution is 2.29. The van der Waals surface area contributed by atoms with Crippen LogP contribution in [0, 0.1) is 5.92 Å². The van der Waals surface area contributed by atoms with Gasteiger partial charge in [-0.3, -0.25) is 9.59 Å². The van der Waals surface area contributed by atoms with Crippen molar-refractivity contribution in [2.75, 3.05) is 6.54 Å². The van der Waals surface area contributed by atoms with Crippen LogP contribution < -0.4 is 0 Å². The first kappa shape index (κ1) is 16.2. The van der Waals surface area contributed by atoms with Crippen molar-refractivity contribution in [3.63, 3.8) is 0 Å². The predicted molar refractivity (Wildman–Crippen MR) is 90.9 cm³/mol. The standard InChI is InChI=1S/C20H21NO3/c1-15(17-10-6-3-7-11-17)21-13-18(12-19(21)22)20(23)24-14-16-8-4-2-5-9-16/h2-11,15,18H,12-14H2,1H3/t15-,18-/m0/s1. The van der Waals surface area contributed by atoms with E-state index >= 15 is 0 Å². The van der Waals surface area contributed by atoms with Crippen molar-refractivity contribution < 1.29 is 14.3 Å². The van der Waals surface area contributed by atoms with Crippen molar-refractivity contribution in [2.24, 2.45) is 5.92 Å². The van der Waals surface area contributed by atoms with Crippen molar-refractivity contribution in [3.05, 3.63) is 71.8 Å². The molecule has 0 N–H and O–H groups in total. The monoisotopic (exact) mass is 323 g/mol. The number of likely N-dealkylation sites (tertiary alicyclic amines) is 1. The molecule has 24 heavy (non-hydrogen) atoms. The summed E-state index contributed by atoms with van der Waals surface area (Å²) in [5.74, 6) is -0.671. The molecule has 0 spiro atoms. The third-order valence-electron chi connectivity index (χ3n) is 4.47. The Labute approximate surface area is 142 Å². The number of carbonyl (C=O) groups excluding carboxylic acids is 2. The average molecular weight is 323 g/mol. The number of rotatable bonds is 5. The second-order valence-corrected chi connectivity index (χ2v) is 6.13. The lowest BCUT2D eigenvalue weighted by atomic mass is 10.1. The molecule has 4 heteroatoms. The molecule has 1 aliphatic rings. The third-order valence-corrected chi connectivity index (χ3v) is 4.47. The van der Waals surface area contributed by atoms with Crippen LogP contribution in [-0.4, -0.2) is 23.3 Å². The molecule has 1 heterocycles. The van der Waals surface area contributed by atoms with Gasteiger partial charge in [-0.25, -0.2) is 0 Å². The van der Waals surface area contributed by atoms with E-state index in [1.807, 2.05) is 67.6 Å². The van der Waals surface area contributed by atoms with Crippen LogP contribution in [0.5, 0.6) is 0 Å². The molecule has 2 atom stereocenters. The van der Waals surface area contributed by atoms with E-state index in [9.17, 15) is 9.59 Å². The molecule has 0 saturated carbocycles. The first-order valence-electron chi connectivity index (χ1n) is 8.20. The second-order valence-electron chi connectivity index (χ2n) is 6.13. The predicted octanol–water partition coefficient (Wildman–Crippen LogP) is 3.34. The Balaban J connectivity index is 1.59. The van der Waals surface area contributed by atoms with Gasteiger partial charge in [0, 0.05) is 13.0 Å². The molecule has 0 unspecified atom stereocenters. The Kier molecular flexibility index (Phi) is 4.94. The first-order valence-corrected chi connectivity index (χ1v) is 8.20. The molecule has 0 radical (unpaired) electrons. The highest BCUT2D eigenvalue weighted by atomic mass is 16.5. The molecule has 0 aliphatic carbocycles. The smallest absolute Gasteiger partial charge is 0.311 e. The van der Waals surface area contributed by atoms with E-state index in [-0.39, 0.29) is 36.9 Å². The van der Waals surface area contributed by atoms with Crippen LogP contribution in [0.3, 0.4) is 0 Å². The molecule has 0 aromatic heterocycles. The van der Waals surface area contributed by atoms with Crippen molar-refractivity contribution in [1.29, 1.82) is 0 Å². The van der Waals surface area contributed by atoms with E-state index in [2.05, 4.69) is 0 Å². The van der Waals surface area contributed by atoms with Crippen LogP contribution in [0.2, 0.25) is 0 Å². The van der Waals surface area contributed by atoms with Crippen LogP contribution in [0.4, 0.5) is 0 Å². The van der Waals surface area contributed by atoms with E-state index in [0.717, 1.165) is 11.1 Å². The summed E-state index contributed by atoms with van der Waals surface area (Å²) >= 11 is 0. The lowest BCUT2D eigenvalue weighted by molar-refractivity contribution is -0.149. The molecule has 4 nitrogen and oxygen atoms in total. The number of benzene rings is 2. The van der Waals surface area contributed by atoms with Gasteiger partial charge in [0.25, 0.3) is 0 Å². The highest BCUT2D eigenvalue weighted by molar-refractivity contribution is 5.87. The summed E-state index contributed by atoms with van der Waals surface area (Å²) in [4.78, 5) is 26.3. The Morgan fingerprint density at radius 1 is 1.12 bits per heavy atom. The minimum atomic E-state index is -0.382. The Morgan fingerprint density at radius 2 is 1.75 bits per heavy atom. The van der Waals surface area contributed by atoms with Gasteiger partial charge in [-0.15, -0.1) is 0 Å². The average Bonchev–Trinajstić information content (AvgIpc) is 3.02. The van der Waals surface area contributed by atoms with Crippen LogP contribution in [0.15, 0.2) is 60.7 Å². The lowest BCUT2D eigenvalue weighted by Gasteiger charge is -2.25. The van der Waals surface area contributed by atoms with E-state index < -0.39 is 0 Å². The number of hydrogen-bond acceptors (Lipinski definition) is 3. The SMILES string of the molecule is C[C@@H](c1ccccc1)N1C[C@@H](C(=O)OCc2ccccc2)CC1=O. The molecule has 1 aliphatic heterocycles. The maximum Gasteiger partial charge on any atom is 0.311 e. The van der Waals surface area contributed by atoms with E-state index in [1.165, 1.54) is 0 Å². The van der Waals surface area contributed by atoms with Crippen LogP contribution in [0.25, 0.3) is 0 Å². The largest absolute Gasteiger partial charge is 0.461 e. The molecule has 2 aromatic carbocycles. The lowest BCUT2D eigenvalue weighted by Crippen LogP contribution is -2.29. The number of esters is 1. The van der Waals surface area contributed by atoms with Crippen molar-refractivity contribution in [2.45, 2.75) is 26.0 Å². The minimum absolute atomic E-state index is 0.00742. The molecule has 1 saturated heterocycles. The fraction of sp³-hybridized carbons (Fsp3) is 0.300. The number of amides is 1. The van der Waals surface area contributed by atoms with E-state index in [1.54, 1.807) is 4.90 Å². The summed E-state index contributed by atoms with van der Waals surface area (Å²) in [7, 11) is 0. The van der Waals surface area contributed by atoms with Gasteiger partial charge in [-0.05, 0) is 18.1 Å². The Morgan fingerprint density at radius 3 is 2.42 bits per heavy atom. The molecule has 1 amide bonds. The normalized spacial score (nSPS) is 18.5. The second kappa shape index (κ2) is 7.30. The van der Waals surface area contributed by atoms with Gasteiger partial charge >= 0.3 is 5.97 Å². The van der Waals surface area contributed by atoms with Crippen molar-refractivity contribution >= 4 is 11.9 Å². The van der Waals surface area contributed by atoms with Crippen molar-refractivity contribution in [1.82, 2.24) is 4.90 Å². The maximum atomic E-state index is 12.3. The van der Waals surface area contributed by atoms with Crippen LogP contribution >= 0.6 is 0 Å². The van der Waals surface area contributed by atoms with Gasteiger partial charge in [-0.2, -0.15) is 0 Å². The highest BCUT2D eigenvalue weighted by Gasteiger charge is 2.37. The molecule has 3 rings (SSSR count). The molecule has 0 bridgehead atoms. The van der Waals surface area contributed by atoms with Crippen LogP contribution in [-0.2, 0) is 20.9 Å². The van der Waals surface area contributed by atoms with Crippen molar-refractivity contribution in [3.8, 4) is 0 Å². The maximum absolute atomic E-state index is 12.3. The number of carbonyl (C=O) groups is 2. The number of hydrogen-bond donors (Lipinski definition) is 0. The van der Waals surface area contributed by atoms with Gasteiger partial charge in [0.1, 0.15) is 6.61 Å². The van der Waals surface area contributed by atoms with E-state index in [0.29, 0.717) is 6.54 Å². The zero-order valence-electron chi connectivity index (χ0n) is 13.7. The minimum Gasteiger partial charge on any atom is -0.461 e. The summed E-state index contributed by atoms with van der Waals surface area (Å²) in [6, 6.07) is 19.4. The summed E-state index contributed by atoms with van der Waals surface area (Å²) in [6.45, 7) is 2.66. The van der Waals surface area contributed by atoms with Crippen LogP contribution in [0.1, 0.15) is 30.5 Å². The fourth-order valence-corrected chi connectivity index (χ4v) is 3.02. The molecular weight excluding hydrogens is 302 g/mol. The molecular formula is C20H21NO3. The summed E-state index contributed by atoms with van der Waals surface area (Å²) in [5.41, 5.74) is 2.02. The molecule has 124 valence electrons. The Hall–Kier alpha value is -2.62.